The van der Waals surface area contributed by atoms with Crippen molar-refractivity contribution in [3.05, 3.63) is 58.9 Å². The fourth-order valence-corrected chi connectivity index (χ4v) is 4.11. The zero-order chi connectivity index (χ0) is 18.5. The van der Waals surface area contributed by atoms with Gasteiger partial charge in [-0.15, -0.1) is 0 Å². The van der Waals surface area contributed by atoms with Crippen molar-refractivity contribution < 1.29 is 9.59 Å². The normalized spacial score (nSPS) is 24.9. The molecule has 6 heteroatoms. The van der Waals surface area contributed by atoms with E-state index in [2.05, 4.69) is 10.3 Å². The molecule has 1 saturated heterocycles. The highest BCUT2D eigenvalue weighted by Crippen LogP contribution is 2.49. The molecule has 1 spiro atoms. The number of amides is 3. The summed E-state index contributed by atoms with van der Waals surface area (Å²) in [5, 5.41) is 3.60. The highest BCUT2D eigenvalue weighted by atomic mass is 35.5. The number of carbonyl (C=O) groups excluding carboxylic acids is 2. The van der Waals surface area contributed by atoms with Gasteiger partial charge in [0.1, 0.15) is 5.54 Å². The lowest BCUT2D eigenvalue weighted by molar-refractivity contribution is -0.125. The molecule has 4 rings (SSSR count). The Bertz CT molecular complexity index is 890. The van der Waals surface area contributed by atoms with Gasteiger partial charge in [0, 0.05) is 11.2 Å². The minimum absolute atomic E-state index is 0.174. The van der Waals surface area contributed by atoms with Crippen LogP contribution in [-0.2, 0) is 4.79 Å². The molecule has 2 heterocycles. The summed E-state index contributed by atoms with van der Waals surface area (Å²) >= 11 is 6.27. The van der Waals surface area contributed by atoms with Gasteiger partial charge in [0.15, 0.2) is 0 Å². The summed E-state index contributed by atoms with van der Waals surface area (Å²) in [6.45, 7) is 4.10. The maximum absolute atomic E-state index is 13.0. The van der Waals surface area contributed by atoms with Crippen molar-refractivity contribution in [1.29, 1.82) is 0 Å². The van der Waals surface area contributed by atoms with Gasteiger partial charge in [0.2, 0.25) is 0 Å². The van der Waals surface area contributed by atoms with E-state index in [1.54, 1.807) is 12.4 Å². The fraction of sp³-hybridized carbons (Fsp3) is 0.350. The molecule has 0 radical (unpaired) electrons. The topological polar surface area (TPSA) is 62.3 Å². The number of hydrogen-bond donors (Lipinski definition) is 1. The third kappa shape index (κ3) is 2.58. The molecule has 3 amide bonds. The monoisotopic (exact) mass is 369 g/mol. The van der Waals surface area contributed by atoms with Crippen LogP contribution in [0.2, 0.25) is 5.02 Å². The van der Waals surface area contributed by atoms with Crippen LogP contribution in [0.15, 0.2) is 42.7 Å². The van der Waals surface area contributed by atoms with Gasteiger partial charge in [-0.2, -0.15) is 0 Å². The van der Waals surface area contributed by atoms with Gasteiger partial charge in [-0.25, -0.2) is 9.69 Å². The second kappa shape index (κ2) is 6.09. The zero-order valence-corrected chi connectivity index (χ0v) is 15.5. The van der Waals surface area contributed by atoms with E-state index < -0.39 is 5.54 Å². The number of benzene rings is 1. The lowest BCUT2D eigenvalue weighted by Crippen LogP contribution is -2.56. The summed E-state index contributed by atoms with van der Waals surface area (Å²) in [5.74, 6) is 0.243. The van der Waals surface area contributed by atoms with E-state index in [-0.39, 0.29) is 23.8 Å². The second-order valence-corrected chi connectivity index (χ2v) is 7.82. The van der Waals surface area contributed by atoms with Crippen LogP contribution in [0.3, 0.4) is 0 Å². The number of pyridine rings is 1. The summed E-state index contributed by atoms with van der Waals surface area (Å²) in [4.78, 5) is 31.0. The standard InChI is InChI=1S/C20H20ClN3O2/c1-12(2)13-7-15(11-22-10-13)24-18(25)20(23-19(24)26)8-14(9-20)16-5-3-4-6-17(16)21/h3-7,10-12,14H,8-9H2,1-2H3,(H,23,26). The van der Waals surface area contributed by atoms with Crippen molar-refractivity contribution in [2.45, 2.75) is 44.1 Å². The highest BCUT2D eigenvalue weighted by Gasteiger charge is 2.59. The van der Waals surface area contributed by atoms with Gasteiger partial charge in [0.05, 0.1) is 11.9 Å². The van der Waals surface area contributed by atoms with E-state index in [1.165, 1.54) is 4.90 Å². The molecule has 2 aliphatic rings. The lowest BCUT2D eigenvalue weighted by Gasteiger charge is -2.43. The average Bonchev–Trinajstić information content (AvgIpc) is 2.85. The number of nitrogens with zero attached hydrogens (tertiary/aromatic N) is 2. The summed E-state index contributed by atoms with van der Waals surface area (Å²) in [6, 6.07) is 9.14. The van der Waals surface area contributed by atoms with Crippen LogP contribution in [-0.4, -0.2) is 22.5 Å². The Labute approximate surface area is 157 Å². The van der Waals surface area contributed by atoms with Crippen molar-refractivity contribution in [1.82, 2.24) is 10.3 Å². The first kappa shape index (κ1) is 17.0. The highest BCUT2D eigenvalue weighted by molar-refractivity contribution is 6.31. The molecule has 5 nitrogen and oxygen atoms in total. The molecular formula is C20H20ClN3O2. The SMILES string of the molecule is CC(C)c1cncc(N2C(=O)NC3(CC(c4ccccc4Cl)C3)C2=O)c1. The minimum atomic E-state index is -0.825. The average molecular weight is 370 g/mol. The molecule has 1 aliphatic heterocycles. The van der Waals surface area contributed by atoms with Gasteiger partial charge in [0.25, 0.3) is 5.91 Å². The van der Waals surface area contributed by atoms with Crippen LogP contribution >= 0.6 is 11.6 Å². The van der Waals surface area contributed by atoms with E-state index >= 15 is 0 Å². The third-order valence-corrected chi connectivity index (χ3v) is 5.71. The number of carbonyl (C=O) groups is 2. The Morgan fingerprint density at radius 3 is 2.65 bits per heavy atom. The van der Waals surface area contributed by atoms with Crippen LogP contribution in [0, 0.1) is 0 Å². The molecular weight excluding hydrogens is 350 g/mol. The Morgan fingerprint density at radius 1 is 1.23 bits per heavy atom. The van der Waals surface area contributed by atoms with Crippen LogP contribution in [0.1, 0.15) is 49.7 Å². The van der Waals surface area contributed by atoms with Crippen molar-refractivity contribution in [2.24, 2.45) is 0 Å². The number of rotatable bonds is 3. The minimum Gasteiger partial charge on any atom is -0.323 e. The first-order chi connectivity index (χ1) is 12.4. The molecule has 1 N–H and O–H groups in total. The summed E-state index contributed by atoms with van der Waals surface area (Å²) in [7, 11) is 0. The second-order valence-electron chi connectivity index (χ2n) is 7.41. The predicted octanol–water partition coefficient (Wildman–Crippen LogP) is 4.23. The van der Waals surface area contributed by atoms with Crippen LogP contribution < -0.4 is 10.2 Å². The van der Waals surface area contributed by atoms with Gasteiger partial charge >= 0.3 is 6.03 Å². The number of urea groups is 1. The molecule has 2 aromatic rings. The molecule has 26 heavy (non-hydrogen) atoms. The Kier molecular flexibility index (Phi) is 3.99. The van der Waals surface area contributed by atoms with Crippen LogP contribution in [0.5, 0.6) is 0 Å². The molecule has 0 bridgehead atoms. The third-order valence-electron chi connectivity index (χ3n) is 5.37. The molecule has 1 aromatic heterocycles. The quantitative estimate of drug-likeness (QED) is 0.823. The number of halogens is 1. The van der Waals surface area contributed by atoms with Crippen molar-refractivity contribution >= 4 is 29.2 Å². The van der Waals surface area contributed by atoms with E-state index in [1.807, 2.05) is 44.2 Å². The van der Waals surface area contributed by atoms with Gasteiger partial charge in [-0.3, -0.25) is 9.78 Å². The lowest BCUT2D eigenvalue weighted by atomic mass is 9.65. The molecule has 0 atom stereocenters. The van der Waals surface area contributed by atoms with Gasteiger partial charge < -0.3 is 5.32 Å². The Morgan fingerprint density at radius 2 is 1.96 bits per heavy atom. The molecule has 1 aromatic carbocycles. The van der Waals surface area contributed by atoms with Crippen LogP contribution in [0.25, 0.3) is 0 Å². The first-order valence-electron chi connectivity index (χ1n) is 8.77. The van der Waals surface area contributed by atoms with Crippen LogP contribution in [0.4, 0.5) is 10.5 Å². The number of anilines is 1. The molecule has 2 fully saturated rings. The first-order valence-corrected chi connectivity index (χ1v) is 9.15. The predicted molar refractivity (Wildman–Crippen MR) is 101 cm³/mol. The number of hydrogen-bond acceptors (Lipinski definition) is 3. The van der Waals surface area contributed by atoms with E-state index in [0.29, 0.717) is 23.6 Å². The molecule has 1 saturated carbocycles. The zero-order valence-electron chi connectivity index (χ0n) is 14.7. The van der Waals surface area contributed by atoms with Gasteiger partial charge in [-0.05, 0) is 47.9 Å². The van der Waals surface area contributed by atoms with E-state index in [0.717, 1.165) is 11.1 Å². The molecule has 1 aliphatic carbocycles. The number of nitrogens with one attached hydrogen (secondary N) is 1. The molecule has 0 unspecified atom stereocenters. The summed E-state index contributed by atoms with van der Waals surface area (Å²) in [5.41, 5.74) is 1.72. The van der Waals surface area contributed by atoms with Crippen molar-refractivity contribution in [3.8, 4) is 0 Å². The Hall–Kier alpha value is -2.40. The van der Waals surface area contributed by atoms with Crippen molar-refractivity contribution in [3.63, 3.8) is 0 Å². The van der Waals surface area contributed by atoms with E-state index in [9.17, 15) is 9.59 Å². The fourth-order valence-electron chi connectivity index (χ4n) is 3.82. The number of aromatic nitrogens is 1. The van der Waals surface area contributed by atoms with E-state index in [4.69, 9.17) is 11.6 Å². The summed E-state index contributed by atoms with van der Waals surface area (Å²) < 4.78 is 0. The van der Waals surface area contributed by atoms with Gasteiger partial charge in [-0.1, -0.05) is 43.6 Å². The number of imide groups is 1. The maximum Gasteiger partial charge on any atom is 0.329 e. The largest absolute Gasteiger partial charge is 0.329 e. The maximum atomic E-state index is 13.0. The Balaban J connectivity index is 1.58. The smallest absolute Gasteiger partial charge is 0.323 e. The van der Waals surface area contributed by atoms with Crippen molar-refractivity contribution in [2.75, 3.05) is 4.90 Å². The summed E-state index contributed by atoms with van der Waals surface area (Å²) in [6.07, 6.45) is 4.45. The molecule has 134 valence electrons.